The largest absolute Gasteiger partial charge is 0.416 e. The van der Waals surface area contributed by atoms with Gasteiger partial charge in [0.2, 0.25) is 11.8 Å². The number of rotatable bonds is 6. The van der Waals surface area contributed by atoms with Crippen LogP contribution >= 0.6 is 0 Å². The Morgan fingerprint density at radius 3 is 2.60 bits per heavy atom. The first kappa shape index (κ1) is 21.9. The van der Waals surface area contributed by atoms with Gasteiger partial charge in [-0.1, -0.05) is 12.1 Å². The molecule has 1 aromatic carbocycles. The molecule has 1 unspecified atom stereocenters. The molecule has 1 atom stereocenters. The number of hydrogen-bond acceptors (Lipinski definition) is 3. The second-order valence-corrected chi connectivity index (χ2v) is 7.64. The SMILES string of the molecule is Cc1nn(C)c(C)c1CC(=O)NC(CN1CCCC1=O)c1cccc(C(F)(F)F)c1. The summed E-state index contributed by atoms with van der Waals surface area (Å²) in [6.07, 6.45) is -3.31. The zero-order chi connectivity index (χ0) is 22.1. The molecule has 1 aromatic heterocycles. The van der Waals surface area contributed by atoms with Crippen molar-refractivity contribution >= 4 is 11.8 Å². The van der Waals surface area contributed by atoms with Crippen LogP contribution in [0.5, 0.6) is 0 Å². The van der Waals surface area contributed by atoms with Gasteiger partial charge in [-0.05, 0) is 38.0 Å². The minimum absolute atomic E-state index is 0.0554. The topological polar surface area (TPSA) is 67.2 Å². The molecule has 0 spiro atoms. The van der Waals surface area contributed by atoms with Gasteiger partial charge in [-0.25, -0.2) is 0 Å². The summed E-state index contributed by atoms with van der Waals surface area (Å²) in [6.45, 7) is 4.33. The van der Waals surface area contributed by atoms with E-state index in [2.05, 4.69) is 10.4 Å². The average Bonchev–Trinajstić information content (AvgIpc) is 3.18. The molecule has 9 heteroatoms. The van der Waals surface area contributed by atoms with E-state index in [1.54, 1.807) is 22.7 Å². The molecule has 0 saturated carbocycles. The van der Waals surface area contributed by atoms with Gasteiger partial charge >= 0.3 is 6.18 Å². The van der Waals surface area contributed by atoms with E-state index in [9.17, 15) is 22.8 Å². The number of alkyl halides is 3. The summed E-state index contributed by atoms with van der Waals surface area (Å²) in [7, 11) is 1.79. The summed E-state index contributed by atoms with van der Waals surface area (Å²) >= 11 is 0. The van der Waals surface area contributed by atoms with E-state index in [0.717, 1.165) is 29.1 Å². The third kappa shape index (κ3) is 4.83. The maximum Gasteiger partial charge on any atom is 0.416 e. The first-order chi connectivity index (χ1) is 14.1. The van der Waals surface area contributed by atoms with Gasteiger partial charge in [0.25, 0.3) is 0 Å². The fourth-order valence-electron chi connectivity index (χ4n) is 3.76. The number of carbonyl (C=O) groups excluding carboxylic acids is 2. The third-order valence-corrected chi connectivity index (χ3v) is 5.52. The van der Waals surface area contributed by atoms with E-state index in [1.165, 1.54) is 6.07 Å². The van der Waals surface area contributed by atoms with Crippen LogP contribution in [-0.2, 0) is 29.2 Å². The van der Waals surface area contributed by atoms with Crippen LogP contribution in [0.3, 0.4) is 0 Å². The Morgan fingerprint density at radius 1 is 1.30 bits per heavy atom. The standard InChI is InChI=1S/C21H25F3N4O2/c1-13-17(14(2)27(3)26-13)11-19(29)25-18(12-28-9-5-8-20(28)30)15-6-4-7-16(10-15)21(22,23)24/h4,6-7,10,18H,5,8-9,11-12H2,1-3H3,(H,25,29). The quantitative estimate of drug-likeness (QED) is 0.778. The lowest BCUT2D eigenvalue weighted by Crippen LogP contribution is -2.39. The lowest BCUT2D eigenvalue weighted by molar-refractivity contribution is -0.137. The number of aryl methyl sites for hydroxylation is 2. The maximum atomic E-state index is 13.2. The van der Waals surface area contributed by atoms with Crippen molar-refractivity contribution in [2.24, 2.45) is 7.05 Å². The minimum atomic E-state index is -4.49. The number of aromatic nitrogens is 2. The Labute approximate surface area is 173 Å². The van der Waals surface area contributed by atoms with Crippen LogP contribution < -0.4 is 5.32 Å². The molecule has 2 aromatic rings. The van der Waals surface area contributed by atoms with E-state index in [4.69, 9.17) is 0 Å². The predicted molar refractivity (Wildman–Crippen MR) is 105 cm³/mol. The molecule has 0 bridgehead atoms. The Kier molecular flexibility index (Phi) is 6.19. The maximum absolute atomic E-state index is 13.2. The van der Waals surface area contributed by atoms with Crippen LogP contribution in [0.2, 0.25) is 0 Å². The Morgan fingerprint density at radius 2 is 2.03 bits per heavy atom. The highest BCUT2D eigenvalue weighted by Crippen LogP contribution is 2.31. The summed E-state index contributed by atoms with van der Waals surface area (Å²) in [5.41, 5.74) is 1.90. The van der Waals surface area contributed by atoms with Crippen LogP contribution in [0.1, 0.15) is 47.0 Å². The average molecular weight is 422 g/mol. The molecule has 1 fully saturated rings. The number of amides is 2. The monoisotopic (exact) mass is 422 g/mol. The molecule has 2 amide bonds. The lowest BCUT2D eigenvalue weighted by Gasteiger charge is -2.26. The Hall–Kier alpha value is -2.84. The molecular formula is C21H25F3N4O2. The first-order valence-electron chi connectivity index (χ1n) is 9.79. The smallest absolute Gasteiger partial charge is 0.347 e. The Bertz CT molecular complexity index is 952. The molecule has 3 rings (SSSR count). The van der Waals surface area contributed by atoms with Crippen molar-refractivity contribution in [2.45, 2.75) is 45.3 Å². The number of benzene rings is 1. The van der Waals surface area contributed by atoms with Crippen LogP contribution in [0, 0.1) is 13.8 Å². The van der Waals surface area contributed by atoms with Crippen molar-refractivity contribution in [3.8, 4) is 0 Å². The Balaban J connectivity index is 1.84. The van der Waals surface area contributed by atoms with E-state index >= 15 is 0 Å². The van der Waals surface area contributed by atoms with Gasteiger partial charge < -0.3 is 10.2 Å². The molecule has 1 aliphatic rings. The summed E-state index contributed by atoms with van der Waals surface area (Å²) in [4.78, 5) is 26.4. The zero-order valence-electron chi connectivity index (χ0n) is 17.2. The number of halogens is 3. The molecule has 0 radical (unpaired) electrons. The summed E-state index contributed by atoms with van der Waals surface area (Å²) in [5.74, 6) is -0.386. The molecule has 2 heterocycles. The fourth-order valence-corrected chi connectivity index (χ4v) is 3.76. The van der Waals surface area contributed by atoms with Crippen LogP contribution in [0.4, 0.5) is 13.2 Å². The van der Waals surface area contributed by atoms with E-state index in [0.29, 0.717) is 24.9 Å². The highest BCUT2D eigenvalue weighted by molar-refractivity contribution is 5.80. The molecule has 1 saturated heterocycles. The summed E-state index contributed by atoms with van der Waals surface area (Å²) < 4.78 is 41.2. The molecule has 162 valence electrons. The molecule has 6 nitrogen and oxygen atoms in total. The molecular weight excluding hydrogens is 397 g/mol. The predicted octanol–water partition coefficient (Wildman–Crippen LogP) is 3.08. The number of hydrogen-bond donors (Lipinski definition) is 1. The van der Waals surface area contributed by atoms with Gasteiger partial charge in [0.05, 0.1) is 23.7 Å². The van der Waals surface area contributed by atoms with Crippen LogP contribution in [0.25, 0.3) is 0 Å². The van der Waals surface area contributed by atoms with Crippen molar-refractivity contribution in [3.63, 3.8) is 0 Å². The highest BCUT2D eigenvalue weighted by atomic mass is 19.4. The molecule has 0 aliphatic carbocycles. The summed E-state index contributed by atoms with van der Waals surface area (Å²) in [5, 5.41) is 7.13. The number of nitrogens with one attached hydrogen (secondary N) is 1. The van der Waals surface area contributed by atoms with Crippen LogP contribution in [-0.4, -0.2) is 39.6 Å². The number of likely N-dealkylation sites (tertiary alicyclic amines) is 1. The van der Waals surface area contributed by atoms with E-state index in [1.807, 2.05) is 13.8 Å². The van der Waals surface area contributed by atoms with Crippen molar-refractivity contribution in [2.75, 3.05) is 13.1 Å². The minimum Gasteiger partial charge on any atom is -0.347 e. The van der Waals surface area contributed by atoms with Gasteiger partial charge in [-0.2, -0.15) is 18.3 Å². The van der Waals surface area contributed by atoms with Crippen molar-refractivity contribution in [1.29, 1.82) is 0 Å². The fraction of sp³-hybridized carbons (Fsp3) is 0.476. The van der Waals surface area contributed by atoms with E-state index < -0.39 is 17.8 Å². The van der Waals surface area contributed by atoms with Gasteiger partial charge in [-0.3, -0.25) is 14.3 Å². The summed E-state index contributed by atoms with van der Waals surface area (Å²) in [6, 6.07) is 4.15. The van der Waals surface area contributed by atoms with Crippen molar-refractivity contribution in [3.05, 3.63) is 52.3 Å². The molecule has 1 N–H and O–H groups in total. The highest BCUT2D eigenvalue weighted by Gasteiger charge is 2.32. The first-order valence-corrected chi connectivity index (χ1v) is 9.79. The second kappa shape index (κ2) is 8.49. The number of carbonyl (C=O) groups is 2. The van der Waals surface area contributed by atoms with Crippen LogP contribution in [0.15, 0.2) is 24.3 Å². The van der Waals surface area contributed by atoms with Gasteiger partial charge in [-0.15, -0.1) is 0 Å². The third-order valence-electron chi connectivity index (χ3n) is 5.52. The van der Waals surface area contributed by atoms with Crippen molar-refractivity contribution in [1.82, 2.24) is 20.0 Å². The normalized spacial score (nSPS) is 15.5. The second-order valence-electron chi connectivity index (χ2n) is 7.64. The van der Waals surface area contributed by atoms with E-state index in [-0.39, 0.29) is 24.8 Å². The van der Waals surface area contributed by atoms with Gasteiger partial charge in [0, 0.05) is 37.8 Å². The molecule has 30 heavy (non-hydrogen) atoms. The zero-order valence-corrected chi connectivity index (χ0v) is 17.2. The number of nitrogens with zero attached hydrogens (tertiary/aromatic N) is 3. The van der Waals surface area contributed by atoms with Gasteiger partial charge in [0.1, 0.15) is 0 Å². The molecule has 1 aliphatic heterocycles. The van der Waals surface area contributed by atoms with Gasteiger partial charge in [0.15, 0.2) is 0 Å². The lowest BCUT2D eigenvalue weighted by atomic mass is 10.0. The van der Waals surface area contributed by atoms with Crippen molar-refractivity contribution < 1.29 is 22.8 Å².